The minimum atomic E-state index is -0.234. The quantitative estimate of drug-likeness (QED) is 0.898. The topological polar surface area (TPSA) is 87.4 Å². The number of pyridine rings is 1. The Morgan fingerprint density at radius 1 is 1.61 bits per heavy atom. The molecular weight excluding hydrogens is 250 g/mol. The van der Waals surface area contributed by atoms with E-state index in [1.54, 1.807) is 22.9 Å². The Labute approximate surface area is 108 Å². The second-order valence-corrected chi connectivity index (χ2v) is 4.54. The summed E-state index contributed by atoms with van der Waals surface area (Å²) in [7, 11) is 0. The largest absolute Gasteiger partial charge is 0.343 e. The lowest BCUT2D eigenvalue weighted by Gasteiger charge is -2.03. The summed E-state index contributed by atoms with van der Waals surface area (Å²) in [6.45, 7) is 2.58. The first-order valence-electron chi connectivity index (χ1n) is 5.44. The van der Waals surface area contributed by atoms with Crippen LogP contribution >= 0.6 is 11.8 Å². The number of H-pyrrole nitrogens is 1. The number of nitrogens with one attached hydrogen (secondary N) is 1. The van der Waals surface area contributed by atoms with E-state index in [0.717, 1.165) is 6.42 Å². The van der Waals surface area contributed by atoms with Gasteiger partial charge in [-0.1, -0.05) is 6.92 Å². The molecule has 2 heterocycles. The van der Waals surface area contributed by atoms with E-state index >= 15 is 0 Å². The number of rotatable bonds is 4. The molecule has 0 spiro atoms. The molecule has 0 aliphatic rings. The highest BCUT2D eigenvalue weighted by Gasteiger charge is 2.12. The molecule has 92 valence electrons. The fraction of sp³-hybridized carbons (Fsp3) is 0.273. The van der Waals surface area contributed by atoms with E-state index in [1.807, 2.05) is 13.0 Å². The Morgan fingerprint density at radius 3 is 3.17 bits per heavy atom. The molecule has 0 radical (unpaired) electrons. The second kappa shape index (κ2) is 5.51. The molecule has 2 aromatic rings. The van der Waals surface area contributed by atoms with Gasteiger partial charge in [0.2, 0.25) is 0 Å². The molecule has 0 saturated heterocycles. The van der Waals surface area contributed by atoms with E-state index in [-0.39, 0.29) is 5.69 Å². The molecule has 0 aliphatic carbocycles. The highest BCUT2D eigenvalue weighted by atomic mass is 32.2. The SMILES string of the molecule is CCCn1c(Sc2cccnc2C#N)n[nH]c1=O. The van der Waals surface area contributed by atoms with E-state index < -0.39 is 0 Å². The van der Waals surface area contributed by atoms with Gasteiger partial charge in [-0.2, -0.15) is 5.26 Å². The number of aromatic nitrogens is 4. The summed E-state index contributed by atoms with van der Waals surface area (Å²) < 4.78 is 1.55. The molecule has 0 fully saturated rings. The molecule has 0 aromatic carbocycles. The van der Waals surface area contributed by atoms with Crippen LogP contribution in [0.15, 0.2) is 33.2 Å². The number of aromatic amines is 1. The van der Waals surface area contributed by atoms with Crippen molar-refractivity contribution in [3.8, 4) is 6.07 Å². The Balaban J connectivity index is 2.35. The predicted octanol–water partition coefficient (Wildman–Crippen LogP) is 1.40. The average molecular weight is 261 g/mol. The van der Waals surface area contributed by atoms with Crippen LogP contribution in [0, 0.1) is 11.3 Å². The summed E-state index contributed by atoms with van der Waals surface area (Å²) in [6, 6.07) is 5.55. The number of nitriles is 1. The third-order valence-corrected chi connectivity index (χ3v) is 3.29. The van der Waals surface area contributed by atoms with Crippen molar-refractivity contribution in [2.45, 2.75) is 29.9 Å². The summed E-state index contributed by atoms with van der Waals surface area (Å²) in [5.74, 6) is 0. The van der Waals surface area contributed by atoms with E-state index in [1.165, 1.54) is 11.8 Å². The zero-order valence-electron chi connectivity index (χ0n) is 9.75. The first-order valence-corrected chi connectivity index (χ1v) is 6.26. The van der Waals surface area contributed by atoms with Crippen molar-refractivity contribution < 1.29 is 0 Å². The monoisotopic (exact) mass is 261 g/mol. The number of hydrogen-bond donors (Lipinski definition) is 1. The van der Waals surface area contributed by atoms with Gasteiger partial charge in [-0.25, -0.2) is 14.9 Å². The lowest BCUT2D eigenvalue weighted by atomic mass is 10.4. The highest BCUT2D eigenvalue weighted by molar-refractivity contribution is 7.99. The molecule has 0 bridgehead atoms. The molecule has 0 atom stereocenters. The smallest absolute Gasteiger partial charge is 0.270 e. The van der Waals surface area contributed by atoms with Crippen molar-refractivity contribution >= 4 is 11.8 Å². The maximum Gasteiger partial charge on any atom is 0.343 e. The molecule has 2 rings (SSSR count). The van der Waals surface area contributed by atoms with Crippen LogP contribution in [0.3, 0.4) is 0 Å². The Morgan fingerprint density at radius 2 is 2.44 bits per heavy atom. The first kappa shape index (κ1) is 12.4. The summed E-state index contributed by atoms with van der Waals surface area (Å²) in [5, 5.41) is 15.9. The van der Waals surface area contributed by atoms with Gasteiger partial charge in [0, 0.05) is 12.7 Å². The average Bonchev–Trinajstić information content (AvgIpc) is 2.73. The van der Waals surface area contributed by atoms with Gasteiger partial charge in [0.1, 0.15) is 6.07 Å². The van der Waals surface area contributed by atoms with Gasteiger partial charge in [0.15, 0.2) is 10.9 Å². The van der Waals surface area contributed by atoms with Gasteiger partial charge in [-0.05, 0) is 30.3 Å². The molecule has 2 aromatic heterocycles. The van der Waals surface area contributed by atoms with E-state index in [2.05, 4.69) is 15.2 Å². The summed E-state index contributed by atoms with van der Waals surface area (Å²) in [4.78, 5) is 16.2. The minimum absolute atomic E-state index is 0.234. The molecule has 0 saturated carbocycles. The number of nitrogens with zero attached hydrogens (tertiary/aromatic N) is 4. The maximum atomic E-state index is 11.5. The summed E-state index contributed by atoms with van der Waals surface area (Å²) >= 11 is 1.26. The van der Waals surface area contributed by atoms with Crippen LogP contribution in [0.1, 0.15) is 19.0 Å². The zero-order chi connectivity index (χ0) is 13.0. The predicted molar refractivity (Wildman–Crippen MR) is 66.2 cm³/mol. The third-order valence-electron chi connectivity index (χ3n) is 2.25. The van der Waals surface area contributed by atoms with Gasteiger partial charge in [0.05, 0.1) is 4.90 Å². The zero-order valence-corrected chi connectivity index (χ0v) is 10.6. The lowest BCUT2D eigenvalue weighted by molar-refractivity contribution is 0.604. The molecule has 1 N–H and O–H groups in total. The van der Waals surface area contributed by atoms with Crippen LogP contribution in [0.2, 0.25) is 0 Å². The van der Waals surface area contributed by atoms with Gasteiger partial charge < -0.3 is 0 Å². The molecule has 0 amide bonds. The van der Waals surface area contributed by atoms with Crippen molar-refractivity contribution in [3.05, 3.63) is 34.5 Å². The number of hydrogen-bond acceptors (Lipinski definition) is 5. The molecule has 7 heteroatoms. The van der Waals surface area contributed by atoms with Gasteiger partial charge in [-0.3, -0.25) is 4.57 Å². The maximum absolute atomic E-state index is 11.5. The normalized spacial score (nSPS) is 10.2. The van der Waals surface area contributed by atoms with Crippen molar-refractivity contribution in [3.63, 3.8) is 0 Å². The minimum Gasteiger partial charge on any atom is -0.270 e. The molecule has 0 unspecified atom stereocenters. The van der Waals surface area contributed by atoms with E-state index in [4.69, 9.17) is 5.26 Å². The van der Waals surface area contributed by atoms with E-state index in [0.29, 0.717) is 22.3 Å². The molecule has 18 heavy (non-hydrogen) atoms. The highest BCUT2D eigenvalue weighted by Crippen LogP contribution is 2.26. The van der Waals surface area contributed by atoms with Crippen LogP contribution in [0.5, 0.6) is 0 Å². The Bertz CT molecular complexity index is 639. The Hall–Kier alpha value is -2.07. The fourth-order valence-electron chi connectivity index (χ4n) is 1.46. The molecular formula is C11H11N5OS. The van der Waals surface area contributed by atoms with Gasteiger partial charge in [0.25, 0.3) is 0 Å². The van der Waals surface area contributed by atoms with Crippen molar-refractivity contribution in [2.24, 2.45) is 0 Å². The van der Waals surface area contributed by atoms with Crippen molar-refractivity contribution in [1.29, 1.82) is 5.26 Å². The van der Waals surface area contributed by atoms with Crippen LogP contribution < -0.4 is 5.69 Å². The molecule has 0 aliphatic heterocycles. The van der Waals surface area contributed by atoms with Crippen LogP contribution in [-0.2, 0) is 6.54 Å². The third kappa shape index (κ3) is 2.43. The van der Waals surface area contributed by atoms with Gasteiger partial charge >= 0.3 is 5.69 Å². The summed E-state index contributed by atoms with van der Waals surface area (Å²) in [5.41, 5.74) is 0.0998. The summed E-state index contributed by atoms with van der Waals surface area (Å²) in [6.07, 6.45) is 2.40. The van der Waals surface area contributed by atoms with Crippen LogP contribution in [-0.4, -0.2) is 19.7 Å². The standard InChI is InChI=1S/C11H11N5OS/c1-2-6-16-10(17)14-15-11(16)18-9-4-3-5-13-8(9)7-12/h3-5H,2,6H2,1H3,(H,14,17). The molecule has 6 nitrogen and oxygen atoms in total. The van der Waals surface area contributed by atoms with Crippen LogP contribution in [0.25, 0.3) is 0 Å². The van der Waals surface area contributed by atoms with Crippen molar-refractivity contribution in [1.82, 2.24) is 19.7 Å². The lowest BCUT2D eigenvalue weighted by Crippen LogP contribution is -2.17. The Kier molecular flexibility index (Phi) is 3.79. The van der Waals surface area contributed by atoms with Gasteiger partial charge in [-0.15, -0.1) is 5.10 Å². The fourth-order valence-corrected chi connectivity index (χ4v) is 2.37. The van der Waals surface area contributed by atoms with E-state index in [9.17, 15) is 4.79 Å². The van der Waals surface area contributed by atoms with Crippen LogP contribution in [0.4, 0.5) is 0 Å². The van der Waals surface area contributed by atoms with Crippen molar-refractivity contribution in [2.75, 3.05) is 0 Å². The second-order valence-electron chi connectivity index (χ2n) is 3.53. The first-order chi connectivity index (χ1) is 8.76.